The molecule has 16 heavy (non-hydrogen) atoms. The predicted octanol–water partition coefficient (Wildman–Crippen LogP) is 2.88. The van der Waals surface area contributed by atoms with E-state index in [0.29, 0.717) is 5.92 Å². The Kier molecular flexibility index (Phi) is 2.35. The first-order valence-electron chi connectivity index (χ1n) is 5.42. The summed E-state index contributed by atoms with van der Waals surface area (Å²) in [5, 5.41) is 8.44. The van der Waals surface area contributed by atoms with Crippen LogP contribution in [0.2, 0.25) is 0 Å². The lowest BCUT2D eigenvalue weighted by atomic mass is 10.0. The molecular formula is C11H12BrN3O. The fourth-order valence-corrected chi connectivity index (χ4v) is 2.41. The molecule has 5 heteroatoms. The van der Waals surface area contributed by atoms with Gasteiger partial charge in [0, 0.05) is 13.0 Å². The monoisotopic (exact) mass is 281 g/mol. The van der Waals surface area contributed by atoms with Crippen molar-refractivity contribution < 1.29 is 4.42 Å². The Morgan fingerprint density at radius 1 is 1.44 bits per heavy atom. The normalized spacial score (nSPS) is 19.8. The van der Waals surface area contributed by atoms with Crippen molar-refractivity contribution in [1.82, 2.24) is 14.8 Å². The van der Waals surface area contributed by atoms with Crippen LogP contribution >= 0.6 is 15.9 Å². The van der Waals surface area contributed by atoms with E-state index in [1.54, 1.807) is 0 Å². The molecule has 0 aromatic carbocycles. The molecule has 1 atom stereocenters. The second-order valence-electron chi connectivity index (χ2n) is 4.29. The maximum atomic E-state index is 5.51. The number of aromatic nitrogens is 3. The molecule has 1 aliphatic rings. The fraction of sp³-hybridized carbons (Fsp3) is 0.455. The Morgan fingerprint density at radius 2 is 2.31 bits per heavy atom. The molecule has 0 aliphatic carbocycles. The zero-order valence-corrected chi connectivity index (χ0v) is 10.6. The molecule has 84 valence electrons. The van der Waals surface area contributed by atoms with E-state index >= 15 is 0 Å². The second-order valence-corrected chi connectivity index (χ2v) is 5.07. The Hall–Kier alpha value is -1.10. The molecular weight excluding hydrogens is 270 g/mol. The van der Waals surface area contributed by atoms with Crippen molar-refractivity contribution in [2.45, 2.75) is 26.3 Å². The van der Waals surface area contributed by atoms with Crippen LogP contribution in [0.15, 0.2) is 21.2 Å². The van der Waals surface area contributed by atoms with Crippen molar-refractivity contribution in [2.24, 2.45) is 5.92 Å². The first kappa shape index (κ1) is 10.1. The highest BCUT2D eigenvalue weighted by atomic mass is 79.9. The largest absolute Gasteiger partial charge is 0.446 e. The van der Waals surface area contributed by atoms with E-state index < -0.39 is 0 Å². The molecule has 1 aliphatic heterocycles. The highest BCUT2D eigenvalue weighted by Gasteiger charge is 2.22. The molecule has 0 radical (unpaired) electrons. The topological polar surface area (TPSA) is 43.9 Å². The van der Waals surface area contributed by atoms with Gasteiger partial charge in [0.25, 0.3) is 0 Å². The highest BCUT2D eigenvalue weighted by molar-refractivity contribution is 9.10. The van der Waals surface area contributed by atoms with Gasteiger partial charge in [0.1, 0.15) is 5.82 Å². The molecule has 0 amide bonds. The minimum absolute atomic E-state index is 0.702. The van der Waals surface area contributed by atoms with Crippen LogP contribution in [0.25, 0.3) is 11.6 Å². The molecule has 2 aromatic rings. The van der Waals surface area contributed by atoms with Gasteiger partial charge < -0.3 is 8.98 Å². The van der Waals surface area contributed by atoms with Gasteiger partial charge in [-0.2, -0.15) is 0 Å². The quantitative estimate of drug-likeness (QED) is 0.807. The molecule has 0 saturated heterocycles. The van der Waals surface area contributed by atoms with Gasteiger partial charge >= 0.3 is 0 Å². The van der Waals surface area contributed by atoms with Crippen LogP contribution in [0.3, 0.4) is 0 Å². The SMILES string of the molecule is CC1CCn2c(nnc2-c2ccc(Br)o2)C1. The van der Waals surface area contributed by atoms with Gasteiger partial charge in [-0.1, -0.05) is 6.92 Å². The lowest BCUT2D eigenvalue weighted by molar-refractivity contribution is 0.409. The van der Waals surface area contributed by atoms with E-state index in [1.165, 1.54) is 6.42 Å². The Labute approximate surface area is 102 Å². The average molecular weight is 282 g/mol. The van der Waals surface area contributed by atoms with Crippen LogP contribution in [0.5, 0.6) is 0 Å². The summed E-state index contributed by atoms with van der Waals surface area (Å²) in [6.45, 7) is 3.23. The van der Waals surface area contributed by atoms with Crippen molar-refractivity contribution in [1.29, 1.82) is 0 Å². The Morgan fingerprint density at radius 3 is 3.06 bits per heavy atom. The molecule has 0 fully saturated rings. The van der Waals surface area contributed by atoms with E-state index in [2.05, 4.69) is 37.6 Å². The van der Waals surface area contributed by atoms with Gasteiger partial charge in [-0.15, -0.1) is 10.2 Å². The highest BCUT2D eigenvalue weighted by Crippen LogP contribution is 2.27. The van der Waals surface area contributed by atoms with Gasteiger partial charge in [-0.05, 0) is 40.4 Å². The third kappa shape index (κ3) is 1.59. The third-order valence-electron chi connectivity index (χ3n) is 3.00. The van der Waals surface area contributed by atoms with Crippen molar-refractivity contribution in [3.63, 3.8) is 0 Å². The fourth-order valence-electron chi connectivity index (χ4n) is 2.10. The molecule has 2 aromatic heterocycles. The van der Waals surface area contributed by atoms with E-state index in [-0.39, 0.29) is 0 Å². The van der Waals surface area contributed by atoms with E-state index in [9.17, 15) is 0 Å². The van der Waals surface area contributed by atoms with Gasteiger partial charge in [0.2, 0.25) is 0 Å². The number of hydrogen-bond acceptors (Lipinski definition) is 3. The summed E-state index contributed by atoms with van der Waals surface area (Å²) in [6, 6.07) is 3.79. The summed E-state index contributed by atoms with van der Waals surface area (Å²) >= 11 is 3.30. The predicted molar refractivity (Wildman–Crippen MR) is 62.9 cm³/mol. The van der Waals surface area contributed by atoms with E-state index in [1.807, 2.05) is 12.1 Å². The molecule has 0 spiro atoms. The molecule has 0 saturated carbocycles. The lowest BCUT2D eigenvalue weighted by Crippen LogP contribution is -2.17. The smallest absolute Gasteiger partial charge is 0.199 e. The van der Waals surface area contributed by atoms with Crippen LogP contribution in [0.4, 0.5) is 0 Å². The van der Waals surface area contributed by atoms with Crippen LogP contribution in [0, 0.1) is 5.92 Å². The Balaban J connectivity index is 2.03. The van der Waals surface area contributed by atoms with Crippen molar-refractivity contribution in [3.05, 3.63) is 22.6 Å². The summed E-state index contributed by atoms with van der Waals surface area (Å²) in [7, 11) is 0. The van der Waals surface area contributed by atoms with E-state index in [0.717, 1.165) is 35.0 Å². The standard InChI is InChI=1S/C11H12BrN3O/c1-7-4-5-15-10(6-7)13-14-11(15)8-2-3-9(12)16-8/h2-3,7H,4-6H2,1H3. The number of hydrogen-bond donors (Lipinski definition) is 0. The summed E-state index contributed by atoms with van der Waals surface area (Å²) < 4.78 is 8.40. The number of furan rings is 1. The minimum Gasteiger partial charge on any atom is -0.446 e. The van der Waals surface area contributed by atoms with Gasteiger partial charge in [0.15, 0.2) is 16.3 Å². The first-order chi connectivity index (χ1) is 7.74. The van der Waals surface area contributed by atoms with Crippen molar-refractivity contribution >= 4 is 15.9 Å². The first-order valence-corrected chi connectivity index (χ1v) is 6.21. The average Bonchev–Trinajstić information content (AvgIpc) is 2.83. The maximum absolute atomic E-state index is 5.51. The molecule has 4 nitrogen and oxygen atoms in total. The molecule has 0 bridgehead atoms. The zero-order chi connectivity index (χ0) is 11.1. The van der Waals surface area contributed by atoms with Crippen LogP contribution in [-0.4, -0.2) is 14.8 Å². The molecule has 1 unspecified atom stereocenters. The Bertz CT molecular complexity index is 517. The summed E-state index contributed by atoms with van der Waals surface area (Å²) in [5.74, 6) is 3.39. The lowest BCUT2D eigenvalue weighted by Gasteiger charge is -2.19. The molecule has 3 rings (SSSR count). The van der Waals surface area contributed by atoms with Crippen LogP contribution < -0.4 is 0 Å². The summed E-state index contributed by atoms with van der Waals surface area (Å²) in [5.41, 5.74) is 0. The van der Waals surface area contributed by atoms with Crippen molar-refractivity contribution in [2.75, 3.05) is 0 Å². The van der Waals surface area contributed by atoms with Crippen LogP contribution in [-0.2, 0) is 13.0 Å². The number of nitrogens with zero attached hydrogens (tertiary/aromatic N) is 3. The second kappa shape index (κ2) is 3.73. The third-order valence-corrected chi connectivity index (χ3v) is 3.42. The van der Waals surface area contributed by atoms with E-state index in [4.69, 9.17) is 4.42 Å². The molecule has 0 N–H and O–H groups in total. The van der Waals surface area contributed by atoms with Gasteiger partial charge in [-0.25, -0.2) is 0 Å². The minimum atomic E-state index is 0.702. The number of fused-ring (bicyclic) bond motifs is 1. The zero-order valence-electron chi connectivity index (χ0n) is 8.98. The van der Waals surface area contributed by atoms with Crippen LogP contribution in [0.1, 0.15) is 19.2 Å². The van der Waals surface area contributed by atoms with Gasteiger partial charge in [0.05, 0.1) is 0 Å². The molecule has 3 heterocycles. The van der Waals surface area contributed by atoms with Crippen molar-refractivity contribution in [3.8, 4) is 11.6 Å². The van der Waals surface area contributed by atoms with Gasteiger partial charge in [-0.3, -0.25) is 0 Å². The summed E-state index contributed by atoms with van der Waals surface area (Å²) in [6.07, 6.45) is 2.19. The summed E-state index contributed by atoms with van der Waals surface area (Å²) in [4.78, 5) is 0. The number of halogens is 1. The number of rotatable bonds is 1. The maximum Gasteiger partial charge on any atom is 0.199 e.